The van der Waals surface area contributed by atoms with E-state index in [2.05, 4.69) is 47.6 Å². The van der Waals surface area contributed by atoms with Crippen LogP contribution in [0.25, 0.3) is 0 Å². The summed E-state index contributed by atoms with van der Waals surface area (Å²) in [6.45, 7) is 15.6. The standard InChI is InChI=1S/C51H92O6/c1-7-8-9-10-11-12-13-14-15-16-17-18-19-20-21-22-34-55-36-45-46(52)47(53)48(54)49(57-45)56-40-30-32-50(5)39(35-40)26-27-41-43-29-28-42(38(4)25-23-24-37(2)3)51(43,6)33-31-44(41)50/h26,37-38,40-49,52-54H,7-25,27-36H2,1-6H3/t38-,40?,41+,42-,43+,44+,45-,46-,47+,48-,49-,50+,51-/m1/s1. The summed E-state index contributed by atoms with van der Waals surface area (Å²) >= 11 is 0. The smallest absolute Gasteiger partial charge is 0.186 e. The summed E-state index contributed by atoms with van der Waals surface area (Å²) in [7, 11) is 0. The van der Waals surface area contributed by atoms with Crippen molar-refractivity contribution in [3.8, 4) is 0 Å². The minimum Gasteiger partial charge on any atom is -0.387 e. The first-order valence-corrected chi connectivity index (χ1v) is 25.1. The lowest BCUT2D eigenvalue weighted by Gasteiger charge is -2.58. The number of aliphatic hydroxyl groups is 3. The lowest BCUT2D eigenvalue weighted by molar-refractivity contribution is -0.314. The zero-order valence-corrected chi connectivity index (χ0v) is 38.1. The van der Waals surface area contributed by atoms with Crippen LogP contribution in [0.15, 0.2) is 11.6 Å². The molecule has 4 fully saturated rings. The minimum atomic E-state index is -1.32. The van der Waals surface area contributed by atoms with Gasteiger partial charge in [-0.1, -0.05) is 169 Å². The maximum absolute atomic E-state index is 10.9. The van der Waals surface area contributed by atoms with E-state index in [9.17, 15) is 15.3 Å². The molecular formula is C51H92O6. The Hall–Kier alpha value is -0.500. The molecule has 0 radical (unpaired) electrons. The van der Waals surface area contributed by atoms with Gasteiger partial charge in [0, 0.05) is 6.61 Å². The first-order valence-electron chi connectivity index (χ1n) is 25.1. The molecule has 3 N–H and O–H groups in total. The van der Waals surface area contributed by atoms with Gasteiger partial charge in [0.25, 0.3) is 0 Å². The Labute approximate surface area is 351 Å². The van der Waals surface area contributed by atoms with Crippen LogP contribution in [0.2, 0.25) is 0 Å². The highest BCUT2D eigenvalue weighted by atomic mass is 16.7. The van der Waals surface area contributed by atoms with E-state index in [-0.39, 0.29) is 18.1 Å². The van der Waals surface area contributed by atoms with Gasteiger partial charge in [0.1, 0.15) is 24.4 Å². The Balaban J connectivity index is 0.983. The van der Waals surface area contributed by atoms with E-state index in [1.807, 2.05) is 0 Å². The SMILES string of the molecule is CCCCCCCCCCCCCCCCCCOC[C@H]1O[C@@H](OC2CC[C@@]3(C)C(=CC[C@H]4[C@@H]5CC[C@H]([C@H](C)CCCC(C)C)[C@@]5(C)CC[C@@H]43)C2)[C@H](O)[C@@H](O)[C@@H]1O. The second-order valence-electron chi connectivity index (χ2n) is 21.2. The highest BCUT2D eigenvalue weighted by molar-refractivity contribution is 5.25. The zero-order chi connectivity index (χ0) is 40.8. The van der Waals surface area contributed by atoms with E-state index in [4.69, 9.17) is 14.2 Å². The molecule has 3 saturated carbocycles. The molecule has 1 saturated heterocycles. The Morgan fingerprint density at radius 2 is 1.33 bits per heavy atom. The normalized spacial score (nSPS) is 37.1. The molecule has 4 aliphatic carbocycles. The molecule has 6 heteroatoms. The molecule has 6 nitrogen and oxygen atoms in total. The van der Waals surface area contributed by atoms with E-state index < -0.39 is 30.7 Å². The maximum atomic E-state index is 10.9. The molecule has 5 aliphatic rings. The molecule has 0 bridgehead atoms. The van der Waals surface area contributed by atoms with Gasteiger partial charge >= 0.3 is 0 Å². The van der Waals surface area contributed by atoms with Crippen molar-refractivity contribution >= 4 is 0 Å². The quantitative estimate of drug-likeness (QED) is 0.0596. The Morgan fingerprint density at radius 3 is 1.96 bits per heavy atom. The third kappa shape index (κ3) is 12.8. The molecule has 0 aromatic rings. The summed E-state index contributed by atoms with van der Waals surface area (Å²) in [5.41, 5.74) is 2.26. The average Bonchev–Trinajstić information content (AvgIpc) is 3.55. The second-order valence-corrected chi connectivity index (χ2v) is 21.2. The molecule has 0 aromatic carbocycles. The molecular weight excluding hydrogens is 709 g/mol. The largest absolute Gasteiger partial charge is 0.387 e. The van der Waals surface area contributed by atoms with Crippen molar-refractivity contribution in [1.82, 2.24) is 0 Å². The molecule has 57 heavy (non-hydrogen) atoms. The predicted molar refractivity (Wildman–Crippen MR) is 235 cm³/mol. The van der Waals surface area contributed by atoms with Crippen LogP contribution in [0.4, 0.5) is 0 Å². The summed E-state index contributed by atoms with van der Waals surface area (Å²) in [4.78, 5) is 0. The van der Waals surface area contributed by atoms with E-state index in [1.165, 1.54) is 141 Å². The highest BCUT2D eigenvalue weighted by Gasteiger charge is 2.59. The third-order valence-corrected chi connectivity index (χ3v) is 16.7. The van der Waals surface area contributed by atoms with Crippen LogP contribution >= 0.6 is 0 Å². The second kappa shape index (κ2) is 23.6. The monoisotopic (exact) mass is 801 g/mol. The van der Waals surface area contributed by atoms with Crippen LogP contribution in [-0.4, -0.2) is 65.3 Å². The first-order chi connectivity index (χ1) is 27.5. The van der Waals surface area contributed by atoms with Gasteiger partial charge in [-0.25, -0.2) is 0 Å². The van der Waals surface area contributed by atoms with Crippen LogP contribution < -0.4 is 0 Å². The average molecular weight is 801 g/mol. The van der Waals surface area contributed by atoms with Crippen molar-refractivity contribution in [3.05, 3.63) is 11.6 Å². The van der Waals surface area contributed by atoms with E-state index in [0.717, 1.165) is 67.6 Å². The minimum absolute atomic E-state index is 0.0638. The highest BCUT2D eigenvalue weighted by Crippen LogP contribution is 2.67. The number of hydrogen-bond acceptors (Lipinski definition) is 6. The number of allylic oxidation sites excluding steroid dienone is 1. The topological polar surface area (TPSA) is 88.4 Å². The van der Waals surface area contributed by atoms with E-state index in [1.54, 1.807) is 5.57 Å². The Kier molecular flexibility index (Phi) is 19.7. The maximum Gasteiger partial charge on any atom is 0.186 e. The summed E-state index contributed by atoms with van der Waals surface area (Å²) in [5, 5.41) is 32.5. The number of aliphatic hydroxyl groups excluding tert-OH is 3. The van der Waals surface area contributed by atoms with Crippen LogP contribution in [0.1, 0.15) is 215 Å². The fourth-order valence-electron chi connectivity index (χ4n) is 13.1. The van der Waals surface area contributed by atoms with Gasteiger partial charge in [0.05, 0.1) is 12.7 Å². The van der Waals surface area contributed by atoms with E-state index in [0.29, 0.717) is 12.0 Å². The van der Waals surface area contributed by atoms with Gasteiger partial charge in [-0.05, 0) is 104 Å². The molecule has 1 aliphatic heterocycles. The molecule has 0 aromatic heterocycles. The van der Waals surface area contributed by atoms with Crippen molar-refractivity contribution in [1.29, 1.82) is 0 Å². The molecule has 0 amide bonds. The fraction of sp³-hybridized carbons (Fsp3) is 0.961. The lowest BCUT2D eigenvalue weighted by atomic mass is 9.47. The van der Waals surface area contributed by atoms with Crippen molar-refractivity contribution < 1.29 is 29.5 Å². The summed E-state index contributed by atoms with van der Waals surface area (Å²) in [6.07, 6.45) is 32.2. The van der Waals surface area contributed by atoms with Crippen molar-refractivity contribution in [2.45, 2.75) is 252 Å². The third-order valence-electron chi connectivity index (χ3n) is 16.7. The first kappa shape index (κ1) is 47.5. The summed E-state index contributed by atoms with van der Waals surface area (Å²) in [5.74, 6) is 4.91. The predicted octanol–water partition coefficient (Wildman–Crippen LogP) is 12.5. The van der Waals surface area contributed by atoms with Gasteiger partial charge in [-0.15, -0.1) is 0 Å². The van der Waals surface area contributed by atoms with Crippen LogP contribution in [0.5, 0.6) is 0 Å². The lowest BCUT2D eigenvalue weighted by Crippen LogP contribution is -2.60. The number of fused-ring (bicyclic) bond motifs is 5. The molecule has 0 spiro atoms. The van der Waals surface area contributed by atoms with Gasteiger partial charge < -0.3 is 29.5 Å². The number of unbranched alkanes of at least 4 members (excludes halogenated alkanes) is 15. The van der Waals surface area contributed by atoms with Crippen LogP contribution in [0, 0.1) is 46.3 Å². The Morgan fingerprint density at radius 1 is 0.702 bits per heavy atom. The fourth-order valence-corrected chi connectivity index (χ4v) is 13.1. The van der Waals surface area contributed by atoms with E-state index >= 15 is 0 Å². The van der Waals surface area contributed by atoms with Crippen molar-refractivity contribution in [2.24, 2.45) is 46.3 Å². The molecule has 13 atom stereocenters. The van der Waals surface area contributed by atoms with Crippen molar-refractivity contribution in [2.75, 3.05) is 13.2 Å². The van der Waals surface area contributed by atoms with Crippen molar-refractivity contribution in [3.63, 3.8) is 0 Å². The van der Waals surface area contributed by atoms with Crippen LogP contribution in [-0.2, 0) is 14.2 Å². The summed E-state index contributed by atoms with van der Waals surface area (Å²) in [6, 6.07) is 0. The number of rotatable bonds is 26. The molecule has 5 rings (SSSR count). The van der Waals surface area contributed by atoms with Gasteiger partial charge in [0.2, 0.25) is 0 Å². The molecule has 1 heterocycles. The van der Waals surface area contributed by atoms with Gasteiger partial charge in [-0.2, -0.15) is 0 Å². The van der Waals surface area contributed by atoms with Crippen LogP contribution in [0.3, 0.4) is 0 Å². The number of hydrogen-bond donors (Lipinski definition) is 3. The number of ether oxygens (including phenoxy) is 3. The molecule has 332 valence electrons. The zero-order valence-electron chi connectivity index (χ0n) is 38.1. The van der Waals surface area contributed by atoms with Gasteiger partial charge in [0.15, 0.2) is 6.29 Å². The Bertz CT molecular complexity index is 1160. The van der Waals surface area contributed by atoms with Gasteiger partial charge in [-0.3, -0.25) is 0 Å². The molecule has 1 unspecified atom stereocenters. The summed E-state index contributed by atoms with van der Waals surface area (Å²) < 4.78 is 18.6.